The van der Waals surface area contributed by atoms with Crippen LogP contribution in [0.5, 0.6) is 0 Å². The summed E-state index contributed by atoms with van der Waals surface area (Å²) in [5.74, 6) is 1.17. The Balaban J connectivity index is 1.34. The number of carbonyl (C=O) groups excluding carboxylic acids is 1. The van der Waals surface area contributed by atoms with Crippen LogP contribution in [0.4, 0.5) is 4.39 Å². The third-order valence-corrected chi connectivity index (χ3v) is 7.39. The first kappa shape index (κ1) is 24.2. The SMILES string of the molecule is Cc1ccc(-c2nnc(SCc3ccc(C(=O)N4CCN(C)CC4)cc3)n2-c2ccc(F)cc2)cc1. The van der Waals surface area contributed by atoms with Crippen molar-refractivity contribution in [3.05, 3.63) is 95.3 Å². The van der Waals surface area contributed by atoms with E-state index in [9.17, 15) is 9.18 Å². The molecule has 36 heavy (non-hydrogen) atoms. The fourth-order valence-corrected chi connectivity index (χ4v) is 5.07. The molecule has 1 aromatic heterocycles. The average Bonchev–Trinajstić information content (AvgIpc) is 3.32. The van der Waals surface area contributed by atoms with Gasteiger partial charge in [-0.1, -0.05) is 53.7 Å². The first-order valence-corrected chi connectivity index (χ1v) is 12.9. The molecule has 0 radical (unpaired) electrons. The van der Waals surface area contributed by atoms with Crippen LogP contribution in [0.25, 0.3) is 17.1 Å². The summed E-state index contributed by atoms with van der Waals surface area (Å²) in [6.07, 6.45) is 0. The third kappa shape index (κ3) is 5.34. The van der Waals surface area contributed by atoms with Gasteiger partial charge in [0.2, 0.25) is 0 Å². The van der Waals surface area contributed by atoms with Gasteiger partial charge in [0.15, 0.2) is 11.0 Å². The minimum Gasteiger partial charge on any atom is -0.336 e. The monoisotopic (exact) mass is 501 g/mol. The standard InChI is InChI=1S/C28H28FN5OS/c1-20-3-7-22(8-4-20)26-30-31-28(34(26)25-13-11-24(29)12-14-25)36-19-21-5-9-23(10-6-21)27(35)33-17-15-32(2)16-18-33/h3-14H,15-19H2,1-2H3. The highest BCUT2D eigenvalue weighted by Crippen LogP contribution is 2.30. The number of piperazine rings is 1. The van der Waals surface area contributed by atoms with E-state index in [1.165, 1.54) is 12.1 Å². The van der Waals surface area contributed by atoms with E-state index in [2.05, 4.69) is 22.1 Å². The van der Waals surface area contributed by atoms with Gasteiger partial charge in [-0.3, -0.25) is 9.36 Å². The maximum Gasteiger partial charge on any atom is 0.253 e. The topological polar surface area (TPSA) is 54.3 Å². The van der Waals surface area contributed by atoms with Gasteiger partial charge in [0.1, 0.15) is 5.82 Å². The van der Waals surface area contributed by atoms with Crippen LogP contribution in [-0.2, 0) is 5.75 Å². The molecule has 1 amide bonds. The van der Waals surface area contributed by atoms with Gasteiger partial charge in [0.05, 0.1) is 0 Å². The highest BCUT2D eigenvalue weighted by molar-refractivity contribution is 7.98. The van der Waals surface area contributed by atoms with Crippen molar-refractivity contribution in [1.82, 2.24) is 24.6 Å². The third-order valence-electron chi connectivity index (χ3n) is 6.39. The molecule has 1 aliphatic heterocycles. The molecule has 1 aliphatic rings. The Labute approximate surface area is 214 Å². The largest absolute Gasteiger partial charge is 0.336 e. The van der Waals surface area contributed by atoms with Gasteiger partial charge in [-0.25, -0.2) is 4.39 Å². The van der Waals surface area contributed by atoms with E-state index in [0.29, 0.717) is 17.1 Å². The number of likely N-dealkylation sites (N-methyl/N-ethyl adjacent to an activating group) is 1. The van der Waals surface area contributed by atoms with Gasteiger partial charge < -0.3 is 9.80 Å². The quantitative estimate of drug-likeness (QED) is 0.346. The van der Waals surface area contributed by atoms with E-state index < -0.39 is 0 Å². The van der Waals surface area contributed by atoms with E-state index >= 15 is 0 Å². The maximum atomic E-state index is 13.6. The van der Waals surface area contributed by atoms with Crippen LogP contribution in [0.15, 0.2) is 78.0 Å². The molecule has 2 heterocycles. The number of amides is 1. The van der Waals surface area contributed by atoms with Crippen molar-refractivity contribution < 1.29 is 9.18 Å². The highest BCUT2D eigenvalue weighted by atomic mass is 32.2. The Morgan fingerprint density at radius 1 is 0.889 bits per heavy atom. The number of hydrogen-bond acceptors (Lipinski definition) is 5. The van der Waals surface area contributed by atoms with Crippen LogP contribution in [0, 0.1) is 12.7 Å². The van der Waals surface area contributed by atoms with Gasteiger partial charge in [-0.2, -0.15) is 0 Å². The summed E-state index contributed by atoms with van der Waals surface area (Å²) >= 11 is 1.56. The molecule has 8 heteroatoms. The molecule has 1 saturated heterocycles. The normalized spacial score (nSPS) is 14.2. The Kier molecular flexibility index (Phi) is 7.16. The summed E-state index contributed by atoms with van der Waals surface area (Å²) in [6, 6.07) is 22.3. The average molecular weight is 502 g/mol. The summed E-state index contributed by atoms with van der Waals surface area (Å²) in [5.41, 5.74) is 4.70. The number of hydrogen-bond donors (Lipinski definition) is 0. The van der Waals surface area contributed by atoms with E-state index in [4.69, 9.17) is 0 Å². The minimum absolute atomic E-state index is 0.0843. The van der Waals surface area contributed by atoms with Gasteiger partial charge in [0, 0.05) is 48.7 Å². The lowest BCUT2D eigenvalue weighted by atomic mass is 10.1. The van der Waals surface area contributed by atoms with Crippen molar-refractivity contribution in [3.8, 4) is 17.1 Å². The minimum atomic E-state index is -0.288. The lowest BCUT2D eigenvalue weighted by Crippen LogP contribution is -2.47. The lowest BCUT2D eigenvalue weighted by Gasteiger charge is -2.32. The highest BCUT2D eigenvalue weighted by Gasteiger charge is 2.20. The predicted molar refractivity (Wildman–Crippen MR) is 141 cm³/mol. The lowest BCUT2D eigenvalue weighted by molar-refractivity contribution is 0.0664. The number of aromatic nitrogens is 3. The van der Waals surface area contributed by atoms with Crippen LogP contribution in [0.3, 0.4) is 0 Å². The molecule has 0 atom stereocenters. The fourth-order valence-electron chi connectivity index (χ4n) is 4.16. The summed E-state index contributed by atoms with van der Waals surface area (Å²) < 4.78 is 15.6. The summed E-state index contributed by atoms with van der Waals surface area (Å²) in [4.78, 5) is 17.0. The number of benzene rings is 3. The van der Waals surface area contributed by atoms with E-state index in [1.807, 2.05) is 64.9 Å². The van der Waals surface area contributed by atoms with E-state index in [0.717, 1.165) is 53.7 Å². The Bertz CT molecular complexity index is 1330. The second-order valence-electron chi connectivity index (χ2n) is 9.07. The Hall–Kier alpha value is -3.49. The predicted octanol–water partition coefficient (Wildman–Crippen LogP) is 5.06. The number of halogens is 1. The molecule has 5 rings (SSSR count). The smallest absolute Gasteiger partial charge is 0.253 e. The van der Waals surface area contributed by atoms with Crippen molar-refractivity contribution in [2.45, 2.75) is 17.8 Å². The molecule has 0 aliphatic carbocycles. The number of carbonyl (C=O) groups is 1. The van der Waals surface area contributed by atoms with Crippen molar-refractivity contribution >= 4 is 17.7 Å². The van der Waals surface area contributed by atoms with Crippen molar-refractivity contribution in [2.75, 3.05) is 33.2 Å². The Morgan fingerprint density at radius 2 is 1.56 bits per heavy atom. The zero-order valence-corrected chi connectivity index (χ0v) is 21.2. The molecule has 0 spiro atoms. The molecule has 0 bridgehead atoms. The molecule has 6 nitrogen and oxygen atoms in total. The van der Waals surface area contributed by atoms with Crippen molar-refractivity contribution in [2.24, 2.45) is 0 Å². The zero-order valence-electron chi connectivity index (χ0n) is 20.4. The van der Waals surface area contributed by atoms with Crippen LogP contribution >= 0.6 is 11.8 Å². The van der Waals surface area contributed by atoms with E-state index in [1.54, 1.807) is 23.9 Å². The van der Waals surface area contributed by atoms with Gasteiger partial charge in [-0.15, -0.1) is 10.2 Å². The number of rotatable bonds is 6. The van der Waals surface area contributed by atoms with Crippen LogP contribution in [0.2, 0.25) is 0 Å². The summed E-state index contributed by atoms with van der Waals surface area (Å²) in [6.45, 7) is 5.36. The second kappa shape index (κ2) is 10.6. The molecule has 0 unspecified atom stereocenters. The first-order valence-electron chi connectivity index (χ1n) is 12.0. The second-order valence-corrected chi connectivity index (χ2v) is 10.0. The van der Waals surface area contributed by atoms with Gasteiger partial charge in [-0.05, 0) is 55.9 Å². The van der Waals surface area contributed by atoms with Crippen molar-refractivity contribution in [3.63, 3.8) is 0 Å². The molecular formula is C28H28FN5OS. The molecule has 0 N–H and O–H groups in total. The molecular weight excluding hydrogens is 473 g/mol. The summed E-state index contributed by atoms with van der Waals surface area (Å²) in [7, 11) is 2.08. The first-order chi connectivity index (χ1) is 17.5. The van der Waals surface area contributed by atoms with Gasteiger partial charge in [0.25, 0.3) is 5.91 Å². The zero-order chi connectivity index (χ0) is 25.1. The summed E-state index contributed by atoms with van der Waals surface area (Å²) in [5, 5.41) is 9.64. The van der Waals surface area contributed by atoms with Gasteiger partial charge >= 0.3 is 0 Å². The van der Waals surface area contributed by atoms with Crippen LogP contribution in [-0.4, -0.2) is 63.7 Å². The Morgan fingerprint density at radius 3 is 2.22 bits per heavy atom. The molecule has 0 saturated carbocycles. The number of thioether (sulfide) groups is 1. The van der Waals surface area contributed by atoms with Crippen LogP contribution < -0.4 is 0 Å². The molecule has 4 aromatic rings. The number of nitrogens with zero attached hydrogens (tertiary/aromatic N) is 5. The van der Waals surface area contributed by atoms with E-state index in [-0.39, 0.29) is 11.7 Å². The number of aryl methyl sites for hydroxylation is 1. The molecule has 184 valence electrons. The molecule has 3 aromatic carbocycles. The van der Waals surface area contributed by atoms with Crippen molar-refractivity contribution in [1.29, 1.82) is 0 Å². The molecule has 1 fully saturated rings. The van der Waals surface area contributed by atoms with Crippen LogP contribution in [0.1, 0.15) is 21.5 Å². The maximum absolute atomic E-state index is 13.6. The fraction of sp³-hybridized carbons (Fsp3) is 0.250.